The summed E-state index contributed by atoms with van der Waals surface area (Å²) >= 11 is 0. The Morgan fingerprint density at radius 2 is 1.74 bits per heavy atom. The number of para-hydroxylation sites is 1. The maximum Gasteiger partial charge on any atom is 0.271 e. The van der Waals surface area contributed by atoms with Gasteiger partial charge in [-0.05, 0) is 18.6 Å². The van der Waals surface area contributed by atoms with E-state index >= 15 is 0 Å². The Morgan fingerprint density at radius 1 is 1.09 bits per heavy atom. The number of hydrogen-bond acceptors (Lipinski definition) is 3. The average molecular weight is 307 g/mol. The third-order valence-electron chi connectivity index (χ3n) is 5.11. The summed E-state index contributed by atoms with van der Waals surface area (Å²) in [6.45, 7) is 3.89. The van der Waals surface area contributed by atoms with E-state index in [1.165, 1.54) is 11.8 Å². The van der Waals surface area contributed by atoms with Gasteiger partial charge in [0.15, 0.2) is 5.60 Å². The monoisotopic (exact) mass is 307 g/mol. The molecular formula is C19H17NO3. The molecule has 2 aliphatic rings. The highest BCUT2D eigenvalue weighted by Crippen LogP contribution is 2.59. The minimum absolute atomic E-state index is 0.287. The van der Waals surface area contributed by atoms with Crippen LogP contribution in [0.4, 0.5) is 5.69 Å². The first-order chi connectivity index (χ1) is 11.0. The number of rotatable bonds is 1. The van der Waals surface area contributed by atoms with E-state index in [9.17, 15) is 9.59 Å². The molecule has 2 amide bonds. The summed E-state index contributed by atoms with van der Waals surface area (Å²) in [7, 11) is 0. The van der Waals surface area contributed by atoms with E-state index in [-0.39, 0.29) is 11.8 Å². The summed E-state index contributed by atoms with van der Waals surface area (Å²) in [5, 5.41) is 0. The number of anilines is 1. The van der Waals surface area contributed by atoms with Gasteiger partial charge in [0.1, 0.15) is 0 Å². The van der Waals surface area contributed by atoms with Crippen molar-refractivity contribution in [1.82, 2.24) is 0 Å². The van der Waals surface area contributed by atoms with Gasteiger partial charge in [0.2, 0.25) is 5.91 Å². The number of carbonyl (C=O) groups excluding carboxylic acids is 2. The fourth-order valence-electron chi connectivity index (χ4n) is 3.86. The van der Waals surface area contributed by atoms with Crippen LogP contribution in [-0.2, 0) is 25.3 Å². The predicted molar refractivity (Wildman–Crippen MR) is 86.0 cm³/mol. The molecule has 2 heterocycles. The summed E-state index contributed by atoms with van der Waals surface area (Å²) in [5.74, 6) is -0.575. The van der Waals surface area contributed by atoms with Gasteiger partial charge in [-0.2, -0.15) is 0 Å². The maximum atomic E-state index is 13.2. The van der Waals surface area contributed by atoms with E-state index in [1.807, 2.05) is 55.5 Å². The molecule has 4 rings (SSSR count). The number of nitrogens with zero attached hydrogens (tertiary/aromatic N) is 1. The Hall–Kier alpha value is -2.46. The molecule has 1 saturated heterocycles. The number of amides is 2. The van der Waals surface area contributed by atoms with Crippen LogP contribution in [-0.4, -0.2) is 18.4 Å². The third-order valence-corrected chi connectivity index (χ3v) is 5.11. The molecule has 0 saturated carbocycles. The van der Waals surface area contributed by atoms with Crippen LogP contribution in [0.15, 0.2) is 54.6 Å². The van der Waals surface area contributed by atoms with Crippen molar-refractivity contribution in [3.05, 3.63) is 65.7 Å². The van der Waals surface area contributed by atoms with E-state index in [2.05, 4.69) is 0 Å². The van der Waals surface area contributed by atoms with Gasteiger partial charge in [-0.25, -0.2) is 4.90 Å². The van der Waals surface area contributed by atoms with Crippen LogP contribution in [0.3, 0.4) is 0 Å². The Bertz CT molecular complexity index is 816. The van der Waals surface area contributed by atoms with Crippen LogP contribution in [0.1, 0.15) is 25.0 Å². The Balaban J connectivity index is 1.95. The molecule has 2 aliphatic heterocycles. The van der Waals surface area contributed by atoms with Gasteiger partial charge in [0.25, 0.3) is 5.91 Å². The molecule has 0 bridgehead atoms. The number of imide groups is 1. The largest absolute Gasteiger partial charge is 0.358 e. The zero-order valence-corrected chi connectivity index (χ0v) is 13.1. The second-order valence-corrected chi connectivity index (χ2v) is 6.34. The summed E-state index contributed by atoms with van der Waals surface area (Å²) < 4.78 is 5.92. The van der Waals surface area contributed by atoms with Crippen LogP contribution in [0.25, 0.3) is 0 Å². The smallest absolute Gasteiger partial charge is 0.271 e. The van der Waals surface area contributed by atoms with Crippen LogP contribution < -0.4 is 4.90 Å². The molecule has 2 aromatic rings. The molecule has 4 nitrogen and oxygen atoms in total. The Kier molecular flexibility index (Phi) is 2.78. The number of fused-ring (bicyclic) bond motifs is 2. The lowest BCUT2D eigenvalue weighted by atomic mass is 9.62. The first-order valence-corrected chi connectivity index (χ1v) is 7.66. The quantitative estimate of drug-likeness (QED) is 0.814. The molecule has 0 radical (unpaired) electrons. The highest BCUT2D eigenvalue weighted by atomic mass is 16.5. The van der Waals surface area contributed by atoms with E-state index in [4.69, 9.17) is 4.74 Å². The van der Waals surface area contributed by atoms with Crippen molar-refractivity contribution in [3.8, 4) is 0 Å². The second-order valence-electron chi connectivity index (χ2n) is 6.34. The summed E-state index contributed by atoms with van der Waals surface area (Å²) in [4.78, 5) is 26.5. The van der Waals surface area contributed by atoms with Crippen LogP contribution >= 0.6 is 0 Å². The van der Waals surface area contributed by atoms with Gasteiger partial charge in [-0.15, -0.1) is 0 Å². The Labute approximate surface area is 134 Å². The average Bonchev–Trinajstić information content (AvgIpc) is 2.84. The van der Waals surface area contributed by atoms with Gasteiger partial charge >= 0.3 is 0 Å². The highest BCUT2D eigenvalue weighted by Gasteiger charge is 2.70. The number of hydrogen-bond donors (Lipinski definition) is 0. The van der Waals surface area contributed by atoms with E-state index in [1.54, 1.807) is 6.07 Å². The minimum Gasteiger partial charge on any atom is -0.358 e. The van der Waals surface area contributed by atoms with Gasteiger partial charge in [0, 0.05) is 12.5 Å². The van der Waals surface area contributed by atoms with Crippen LogP contribution in [0.5, 0.6) is 0 Å². The predicted octanol–water partition coefficient (Wildman–Crippen LogP) is 2.76. The standard InChI is InChI=1S/C19H17NO3/c1-13(21)20-16-11-7-6-10-15(16)19(17(20)22)18(2,12-23-19)14-8-4-3-5-9-14/h3-11H,12H2,1-2H3/t18-,19-/m1/s1. The molecule has 116 valence electrons. The molecule has 1 fully saturated rings. The normalized spacial score (nSPS) is 28.6. The number of carbonyl (C=O) groups is 2. The lowest BCUT2D eigenvalue weighted by Gasteiger charge is -2.54. The molecule has 23 heavy (non-hydrogen) atoms. The fourth-order valence-corrected chi connectivity index (χ4v) is 3.86. The first kappa shape index (κ1) is 14.2. The van der Waals surface area contributed by atoms with Crippen molar-refractivity contribution in [1.29, 1.82) is 0 Å². The molecule has 1 spiro atoms. The molecular weight excluding hydrogens is 290 g/mol. The number of ether oxygens (including phenoxy) is 1. The van der Waals surface area contributed by atoms with Gasteiger partial charge in [-0.3, -0.25) is 9.59 Å². The van der Waals surface area contributed by atoms with E-state index < -0.39 is 11.0 Å². The van der Waals surface area contributed by atoms with Gasteiger partial charge < -0.3 is 4.74 Å². The van der Waals surface area contributed by atoms with Crippen molar-refractivity contribution in [3.63, 3.8) is 0 Å². The van der Waals surface area contributed by atoms with E-state index in [0.717, 1.165) is 11.1 Å². The van der Waals surface area contributed by atoms with Crippen molar-refractivity contribution < 1.29 is 14.3 Å². The minimum atomic E-state index is -1.11. The fraction of sp³-hybridized carbons (Fsp3) is 0.263. The van der Waals surface area contributed by atoms with Crippen molar-refractivity contribution >= 4 is 17.5 Å². The molecule has 2 atom stereocenters. The SMILES string of the molecule is CC(=O)N1C(=O)[C@]2(OC[C@]2(C)c2ccccc2)c2ccccc21. The molecule has 0 N–H and O–H groups in total. The van der Waals surface area contributed by atoms with Crippen LogP contribution in [0, 0.1) is 0 Å². The zero-order chi connectivity index (χ0) is 16.2. The molecule has 4 heteroatoms. The summed E-state index contributed by atoms with van der Waals surface area (Å²) in [5.41, 5.74) is 0.840. The molecule has 0 unspecified atom stereocenters. The Morgan fingerprint density at radius 3 is 2.35 bits per heavy atom. The van der Waals surface area contributed by atoms with Gasteiger partial charge in [-0.1, -0.05) is 48.5 Å². The first-order valence-electron chi connectivity index (χ1n) is 7.66. The van der Waals surface area contributed by atoms with E-state index in [0.29, 0.717) is 12.3 Å². The van der Waals surface area contributed by atoms with Crippen molar-refractivity contribution in [2.45, 2.75) is 24.9 Å². The maximum absolute atomic E-state index is 13.2. The second kappa shape index (κ2) is 4.52. The lowest BCUT2D eigenvalue weighted by molar-refractivity contribution is -0.218. The third kappa shape index (κ3) is 1.54. The summed E-state index contributed by atoms with van der Waals surface area (Å²) in [6, 6.07) is 17.3. The zero-order valence-electron chi connectivity index (χ0n) is 13.1. The topological polar surface area (TPSA) is 46.6 Å². The van der Waals surface area contributed by atoms with Crippen molar-refractivity contribution in [2.24, 2.45) is 0 Å². The van der Waals surface area contributed by atoms with Gasteiger partial charge in [0.05, 0.1) is 17.7 Å². The lowest BCUT2D eigenvalue weighted by Crippen LogP contribution is -2.66. The molecule has 0 aromatic heterocycles. The number of benzene rings is 2. The van der Waals surface area contributed by atoms with Crippen LogP contribution in [0.2, 0.25) is 0 Å². The van der Waals surface area contributed by atoms with Crippen molar-refractivity contribution in [2.75, 3.05) is 11.5 Å². The summed E-state index contributed by atoms with van der Waals surface area (Å²) in [6.07, 6.45) is 0. The highest BCUT2D eigenvalue weighted by molar-refractivity contribution is 6.22. The molecule has 2 aromatic carbocycles. The molecule has 0 aliphatic carbocycles.